The van der Waals surface area contributed by atoms with Gasteiger partial charge < -0.3 is 20.3 Å². The summed E-state index contributed by atoms with van der Waals surface area (Å²) in [5.74, 6) is -2.19. The third kappa shape index (κ3) is 5.85. The maximum Gasteiger partial charge on any atom is 0.426 e. The van der Waals surface area contributed by atoms with E-state index in [4.69, 9.17) is 4.74 Å². The van der Waals surface area contributed by atoms with Gasteiger partial charge in [-0.05, 0) is 55.4 Å². The van der Waals surface area contributed by atoms with Crippen LogP contribution in [0.3, 0.4) is 0 Å². The molecule has 9 heteroatoms. The molecular formula is C26H30F3NO5. The van der Waals surface area contributed by atoms with Crippen molar-refractivity contribution >= 4 is 17.6 Å². The molecule has 6 nitrogen and oxygen atoms in total. The third-order valence-corrected chi connectivity index (χ3v) is 6.26. The summed E-state index contributed by atoms with van der Waals surface area (Å²) >= 11 is 0. The van der Waals surface area contributed by atoms with Crippen molar-refractivity contribution in [3.8, 4) is 0 Å². The first-order valence-electron chi connectivity index (χ1n) is 11.2. The number of carbonyl (C=O) groups excluding carboxylic acids is 2. The van der Waals surface area contributed by atoms with Crippen molar-refractivity contribution in [3.05, 3.63) is 64.7 Å². The summed E-state index contributed by atoms with van der Waals surface area (Å²) in [6.45, 7) is 6.12. The van der Waals surface area contributed by atoms with Crippen LogP contribution in [0.25, 0.3) is 0 Å². The lowest BCUT2D eigenvalue weighted by Gasteiger charge is -2.37. The van der Waals surface area contributed by atoms with Gasteiger partial charge in [0.1, 0.15) is 6.61 Å². The van der Waals surface area contributed by atoms with Gasteiger partial charge in [0.2, 0.25) is 5.60 Å². The zero-order chi connectivity index (χ0) is 26.2. The molecule has 190 valence electrons. The molecule has 2 aromatic carbocycles. The van der Waals surface area contributed by atoms with Gasteiger partial charge in [-0.15, -0.1) is 0 Å². The minimum atomic E-state index is -5.26. The van der Waals surface area contributed by atoms with Gasteiger partial charge in [-0.2, -0.15) is 13.2 Å². The summed E-state index contributed by atoms with van der Waals surface area (Å²) in [4.78, 5) is 25.1. The third-order valence-electron chi connectivity index (χ3n) is 6.26. The second-order valence-corrected chi connectivity index (χ2v) is 10.3. The Bertz CT molecular complexity index is 1110. The summed E-state index contributed by atoms with van der Waals surface area (Å²) in [6.07, 6.45) is -5.79. The number of fused-ring (bicyclic) bond motifs is 1. The number of hydrogen-bond donors (Lipinski definition) is 3. The Hall–Kier alpha value is -2.91. The minimum absolute atomic E-state index is 0.0245. The second kappa shape index (κ2) is 9.28. The monoisotopic (exact) mass is 493 g/mol. The molecular weight excluding hydrogens is 463 g/mol. The Morgan fingerprint density at radius 3 is 2.26 bits per heavy atom. The Labute approximate surface area is 202 Å². The number of ether oxygens (including phenoxy) is 1. The fourth-order valence-corrected chi connectivity index (χ4v) is 4.15. The number of alkyl halides is 3. The van der Waals surface area contributed by atoms with E-state index in [-0.39, 0.29) is 30.7 Å². The highest BCUT2D eigenvalue weighted by molar-refractivity contribution is 6.00. The summed E-state index contributed by atoms with van der Waals surface area (Å²) in [5.41, 5.74) is -4.39. The van der Waals surface area contributed by atoms with Crippen LogP contribution >= 0.6 is 0 Å². The molecule has 1 unspecified atom stereocenters. The van der Waals surface area contributed by atoms with Crippen LogP contribution in [0, 0.1) is 0 Å². The molecule has 1 atom stereocenters. The number of aliphatic hydroxyl groups is 2. The molecule has 1 aliphatic heterocycles. The fraction of sp³-hybridized carbons (Fsp3) is 0.462. The number of benzene rings is 2. The maximum atomic E-state index is 14.2. The molecule has 35 heavy (non-hydrogen) atoms. The van der Waals surface area contributed by atoms with Gasteiger partial charge >= 0.3 is 12.1 Å². The van der Waals surface area contributed by atoms with Gasteiger partial charge in [0, 0.05) is 17.7 Å². The van der Waals surface area contributed by atoms with Crippen LogP contribution < -0.4 is 5.32 Å². The number of anilines is 1. The number of cyclic esters (lactones) is 1. The van der Waals surface area contributed by atoms with Crippen LogP contribution in [0.5, 0.6) is 0 Å². The number of amides is 1. The highest BCUT2D eigenvalue weighted by Crippen LogP contribution is 2.42. The van der Waals surface area contributed by atoms with Crippen LogP contribution in [-0.2, 0) is 28.0 Å². The summed E-state index contributed by atoms with van der Waals surface area (Å²) in [5, 5.41) is 23.2. The largest absolute Gasteiger partial charge is 0.457 e. The van der Waals surface area contributed by atoms with Crippen LogP contribution in [0.15, 0.2) is 42.5 Å². The minimum Gasteiger partial charge on any atom is -0.457 e. The lowest BCUT2D eigenvalue weighted by molar-refractivity contribution is -0.254. The van der Waals surface area contributed by atoms with Crippen LogP contribution in [-0.4, -0.2) is 39.5 Å². The molecule has 1 aliphatic rings. The molecule has 3 N–H and O–H groups in total. The van der Waals surface area contributed by atoms with Crippen LogP contribution in [0.2, 0.25) is 0 Å². The van der Waals surface area contributed by atoms with Gasteiger partial charge in [0.05, 0.1) is 11.2 Å². The SMILES string of the molecule is CC(C)(O)CCc1cc2c(cc1NC(=O)C(O)(CC(C)(C)c1ccccc1)C(F)(F)F)COC2=O. The zero-order valence-electron chi connectivity index (χ0n) is 20.1. The van der Waals surface area contributed by atoms with Crippen LogP contribution in [0.4, 0.5) is 18.9 Å². The van der Waals surface area contributed by atoms with Crippen LogP contribution in [0.1, 0.15) is 67.6 Å². The molecule has 0 bridgehead atoms. The van der Waals surface area contributed by atoms with Gasteiger partial charge in [0.25, 0.3) is 5.91 Å². The van der Waals surface area contributed by atoms with E-state index in [0.29, 0.717) is 16.7 Å². The summed E-state index contributed by atoms with van der Waals surface area (Å²) in [7, 11) is 0. The van der Waals surface area contributed by atoms with E-state index in [2.05, 4.69) is 5.32 Å². The average molecular weight is 494 g/mol. The first-order chi connectivity index (χ1) is 16.0. The first-order valence-corrected chi connectivity index (χ1v) is 11.2. The number of halogens is 3. The van der Waals surface area contributed by atoms with E-state index in [1.165, 1.54) is 26.0 Å². The van der Waals surface area contributed by atoms with E-state index >= 15 is 0 Å². The Kier molecular flexibility index (Phi) is 7.07. The molecule has 0 saturated carbocycles. The van der Waals surface area contributed by atoms with E-state index < -0.39 is 41.1 Å². The van der Waals surface area contributed by atoms with Crippen molar-refractivity contribution in [2.45, 2.75) is 76.4 Å². The number of carbonyl (C=O) groups is 2. The highest BCUT2D eigenvalue weighted by Gasteiger charge is 2.61. The molecule has 0 radical (unpaired) electrons. The van der Waals surface area contributed by atoms with Gasteiger partial charge in [-0.1, -0.05) is 44.2 Å². The predicted octanol–water partition coefficient (Wildman–Crippen LogP) is 4.66. The lowest BCUT2D eigenvalue weighted by Crippen LogP contribution is -2.57. The molecule has 2 aromatic rings. The number of rotatable bonds is 8. The molecule has 3 rings (SSSR count). The summed E-state index contributed by atoms with van der Waals surface area (Å²) in [6, 6.07) is 11.2. The molecule has 0 aliphatic carbocycles. The number of hydrogen-bond acceptors (Lipinski definition) is 5. The lowest BCUT2D eigenvalue weighted by atomic mass is 9.74. The zero-order valence-corrected chi connectivity index (χ0v) is 20.1. The Morgan fingerprint density at radius 1 is 1.06 bits per heavy atom. The van der Waals surface area contributed by atoms with E-state index in [1.807, 2.05) is 0 Å². The molecule has 1 heterocycles. The van der Waals surface area contributed by atoms with Crippen molar-refractivity contribution in [1.29, 1.82) is 0 Å². The van der Waals surface area contributed by atoms with E-state index in [9.17, 15) is 33.0 Å². The van der Waals surface area contributed by atoms with Crippen molar-refractivity contribution in [1.82, 2.24) is 0 Å². The standard InChI is InChI=1S/C26H30F3NO5/c1-23(2,18-8-6-5-7-9-18)15-25(34,26(27,28)29)22(32)30-20-13-17-14-35-21(31)19(17)12-16(20)10-11-24(3,4)33/h5-9,12-13,33-34H,10-11,14-15H2,1-4H3,(H,30,32). The summed E-state index contributed by atoms with van der Waals surface area (Å²) < 4.78 is 47.5. The molecule has 1 amide bonds. The Morgan fingerprint density at radius 2 is 1.69 bits per heavy atom. The molecule has 0 spiro atoms. The molecule has 0 aromatic heterocycles. The van der Waals surface area contributed by atoms with Crippen molar-refractivity contribution in [3.63, 3.8) is 0 Å². The molecule has 0 fully saturated rings. The van der Waals surface area contributed by atoms with Crippen molar-refractivity contribution in [2.24, 2.45) is 0 Å². The predicted molar refractivity (Wildman–Crippen MR) is 124 cm³/mol. The normalized spacial score (nSPS) is 15.9. The average Bonchev–Trinajstić information content (AvgIpc) is 3.10. The smallest absolute Gasteiger partial charge is 0.426 e. The van der Waals surface area contributed by atoms with Gasteiger partial charge in [0.15, 0.2) is 0 Å². The number of esters is 1. The number of aryl methyl sites for hydroxylation is 1. The first kappa shape index (κ1) is 26.7. The topological polar surface area (TPSA) is 95.9 Å². The Balaban J connectivity index is 1.97. The second-order valence-electron chi connectivity index (χ2n) is 10.3. The fourth-order valence-electron chi connectivity index (χ4n) is 4.15. The quantitative estimate of drug-likeness (QED) is 0.465. The van der Waals surface area contributed by atoms with E-state index in [1.54, 1.807) is 44.2 Å². The maximum absolute atomic E-state index is 14.2. The van der Waals surface area contributed by atoms with Gasteiger partial charge in [-0.25, -0.2) is 4.79 Å². The number of nitrogens with one attached hydrogen (secondary N) is 1. The van der Waals surface area contributed by atoms with Crippen molar-refractivity contribution < 1.29 is 37.7 Å². The van der Waals surface area contributed by atoms with Gasteiger partial charge in [-0.3, -0.25) is 4.79 Å². The van der Waals surface area contributed by atoms with Crippen molar-refractivity contribution in [2.75, 3.05) is 5.32 Å². The highest BCUT2D eigenvalue weighted by atomic mass is 19.4. The van der Waals surface area contributed by atoms with E-state index in [0.717, 1.165) is 0 Å². The molecule has 0 saturated heterocycles.